The third-order valence-electron chi connectivity index (χ3n) is 2.76. The molecule has 0 saturated carbocycles. The Kier molecular flexibility index (Phi) is 8.18. The molecule has 13 heavy (non-hydrogen) atoms. The molecule has 0 bridgehead atoms. The van der Waals surface area contributed by atoms with Crippen molar-refractivity contribution in [2.24, 2.45) is 5.92 Å². The van der Waals surface area contributed by atoms with Crippen LogP contribution in [0.15, 0.2) is 12.2 Å². The largest absolute Gasteiger partial charge is 0.0999 e. The second kappa shape index (κ2) is 8.34. The molecule has 0 aromatic rings. The fourth-order valence-corrected chi connectivity index (χ4v) is 1.73. The molecular weight excluding hydrogens is 156 g/mol. The second-order valence-electron chi connectivity index (χ2n) is 4.18. The zero-order chi connectivity index (χ0) is 10.1. The summed E-state index contributed by atoms with van der Waals surface area (Å²) >= 11 is 0. The normalized spacial score (nSPS) is 12.8. The molecule has 0 heteroatoms. The fourth-order valence-electron chi connectivity index (χ4n) is 1.73. The lowest BCUT2D eigenvalue weighted by Gasteiger charge is -2.16. The summed E-state index contributed by atoms with van der Waals surface area (Å²) in [5, 5.41) is 0. The van der Waals surface area contributed by atoms with Crippen LogP contribution in [0, 0.1) is 5.92 Å². The van der Waals surface area contributed by atoms with Crippen LogP contribution in [0.3, 0.4) is 0 Å². The van der Waals surface area contributed by atoms with Gasteiger partial charge in [0.2, 0.25) is 0 Å². The monoisotopic (exact) mass is 182 g/mol. The SMILES string of the molecule is C=C(C)C(CCCC)CCCCC. The van der Waals surface area contributed by atoms with E-state index in [1.807, 2.05) is 0 Å². The van der Waals surface area contributed by atoms with E-state index in [1.165, 1.54) is 50.5 Å². The van der Waals surface area contributed by atoms with E-state index in [9.17, 15) is 0 Å². The molecule has 0 amide bonds. The van der Waals surface area contributed by atoms with Crippen LogP contribution in [0.1, 0.15) is 65.7 Å². The van der Waals surface area contributed by atoms with Gasteiger partial charge >= 0.3 is 0 Å². The average Bonchev–Trinajstić information content (AvgIpc) is 2.10. The second-order valence-corrected chi connectivity index (χ2v) is 4.18. The van der Waals surface area contributed by atoms with Crippen LogP contribution < -0.4 is 0 Å². The van der Waals surface area contributed by atoms with E-state index in [4.69, 9.17) is 0 Å². The Morgan fingerprint density at radius 3 is 2.00 bits per heavy atom. The van der Waals surface area contributed by atoms with Gasteiger partial charge in [-0.05, 0) is 25.7 Å². The first kappa shape index (κ1) is 12.7. The van der Waals surface area contributed by atoms with Crippen LogP contribution in [0.5, 0.6) is 0 Å². The van der Waals surface area contributed by atoms with E-state index in [0.29, 0.717) is 0 Å². The molecule has 0 radical (unpaired) electrons. The number of hydrogen-bond donors (Lipinski definition) is 0. The van der Waals surface area contributed by atoms with Gasteiger partial charge in [0.1, 0.15) is 0 Å². The van der Waals surface area contributed by atoms with Crippen LogP contribution in [-0.2, 0) is 0 Å². The zero-order valence-electron chi connectivity index (χ0n) is 9.73. The molecule has 0 fully saturated rings. The molecule has 0 saturated heterocycles. The van der Waals surface area contributed by atoms with Crippen molar-refractivity contribution >= 4 is 0 Å². The predicted octanol–water partition coefficient (Wildman–Crippen LogP) is 4.95. The van der Waals surface area contributed by atoms with Gasteiger partial charge in [0.25, 0.3) is 0 Å². The summed E-state index contributed by atoms with van der Waals surface area (Å²) in [4.78, 5) is 0. The summed E-state index contributed by atoms with van der Waals surface area (Å²) in [6.45, 7) is 10.8. The molecule has 0 aliphatic rings. The zero-order valence-corrected chi connectivity index (χ0v) is 9.73. The van der Waals surface area contributed by atoms with Crippen molar-refractivity contribution < 1.29 is 0 Å². The van der Waals surface area contributed by atoms with E-state index in [-0.39, 0.29) is 0 Å². The Morgan fingerprint density at radius 2 is 1.54 bits per heavy atom. The number of rotatable bonds is 8. The van der Waals surface area contributed by atoms with Gasteiger partial charge in [0, 0.05) is 0 Å². The highest BCUT2D eigenvalue weighted by molar-refractivity contribution is 4.95. The molecule has 0 aliphatic heterocycles. The Bertz CT molecular complexity index is 124. The lowest BCUT2D eigenvalue weighted by atomic mass is 9.90. The summed E-state index contributed by atoms with van der Waals surface area (Å²) < 4.78 is 0. The van der Waals surface area contributed by atoms with Gasteiger partial charge < -0.3 is 0 Å². The van der Waals surface area contributed by atoms with E-state index in [0.717, 1.165) is 5.92 Å². The van der Waals surface area contributed by atoms with Crippen molar-refractivity contribution in [2.75, 3.05) is 0 Å². The maximum absolute atomic E-state index is 4.09. The number of unbranched alkanes of at least 4 members (excludes halogenated alkanes) is 3. The van der Waals surface area contributed by atoms with Crippen molar-refractivity contribution in [3.63, 3.8) is 0 Å². The van der Waals surface area contributed by atoms with Gasteiger partial charge in [-0.25, -0.2) is 0 Å². The molecule has 0 heterocycles. The molecular formula is C13H26. The van der Waals surface area contributed by atoms with Crippen molar-refractivity contribution in [3.05, 3.63) is 12.2 Å². The first-order valence-electron chi connectivity index (χ1n) is 5.87. The van der Waals surface area contributed by atoms with Gasteiger partial charge in [-0.2, -0.15) is 0 Å². The molecule has 1 atom stereocenters. The average molecular weight is 182 g/mol. The van der Waals surface area contributed by atoms with Crippen LogP contribution in [-0.4, -0.2) is 0 Å². The van der Waals surface area contributed by atoms with E-state index >= 15 is 0 Å². The minimum Gasteiger partial charge on any atom is -0.0999 e. The third-order valence-corrected chi connectivity index (χ3v) is 2.76. The first-order chi connectivity index (χ1) is 6.22. The van der Waals surface area contributed by atoms with Crippen LogP contribution in [0.2, 0.25) is 0 Å². The fraction of sp³-hybridized carbons (Fsp3) is 0.846. The molecule has 78 valence electrons. The van der Waals surface area contributed by atoms with Crippen molar-refractivity contribution in [3.8, 4) is 0 Å². The van der Waals surface area contributed by atoms with E-state index < -0.39 is 0 Å². The number of hydrogen-bond acceptors (Lipinski definition) is 0. The summed E-state index contributed by atoms with van der Waals surface area (Å²) in [5.41, 5.74) is 1.39. The van der Waals surface area contributed by atoms with Crippen LogP contribution in [0.25, 0.3) is 0 Å². The minimum atomic E-state index is 0.798. The molecule has 0 spiro atoms. The lowest BCUT2D eigenvalue weighted by Crippen LogP contribution is -2.01. The van der Waals surface area contributed by atoms with Gasteiger partial charge in [0.05, 0.1) is 0 Å². The summed E-state index contributed by atoms with van der Waals surface area (Å²) in [6.07, 6.45) is 9.50. The molecule has 0 aromatic heterocycles. The maximum atomic E-state index is 4.09. The Labute approximate surface area is 84.4 Å². The van der Waals surface area contributed by atoms with Crippen molar-refractivity contribution in [2.45, 2.75) is 65.7 Å². The quantitative estimate of drug-likeness (QED) is 0.368. The Hall–Kier alpha value is -0.260. The van der Waals surface area contributed by atoms with Gasteiger partial charge in [0.15, 0.2) is 0 Å². The Balaban J connectivity index is 3.61. The molecule has 1 unspecified atom stereocenters. The first-order valence-corrected chi connectivity index (χ1v) is 5.87. The highest BCUT2D eigenvalue weighted by Crippen LogP contribution is 2.22. The minimum absolute atomic E-state index is 0.798. The topological polar surface area (TPSA) is 0 Å². The third kappa shape index (κ3) is 6.86. The van der Waals surface area contributed by atoms with E-state index in [1.54, 1.807) is 0 Å². The molecule has 0 N–H and O–H groups in total. The maximum Gasteiger partial charge on any atom is -0.0209 e. The smallest absolute Gasteiger partial charge is 0.0209 e. The lowest BCUT2D eigenvalue weighted by molar-refractivity contribution is 0.469. The standard InChI is InChI=1S/C13H26/c1-5-7-9-11-13(12(3)4)10-8-6-2/h13H,3,5-11H2,1-2,4H3. The van der Waals surface area contributed by atoms with Crippen LogP contribution >= 0.6 is 0 Å². The summed E-state index contributed by atoms with van der Waals surface area (Å²) in [7, 11) is 0. The predicted molar refractivity (Wildman–Crippen MR) is 62.0 cm³/mol. The Morgan fingerprint density at radius 1 is 1.00 bits per heavy atom. The number of allylic oxidation sites excluding steroid dienone is 1. The van der Waals surface area contributed by atoms with Crippen LogP contribution in [0.4, 0.5) is 0 Å². The van der Waals surface area contributed by atoms with Gasteiger partial charge in [-0.1, -0.05) is 58.1 Å². The highest BCUT2D eigenvalue weighted by Gasteiger charge is 2.07. The molecule has 0 aromatic carbocycles. The summed E-state index contributed by atoms with van der Waals surface area (Å²) in [6, 6.07) is 0. The molecule has 0 aliphatic carbocycles. The van der Waals surface area contributed by atoms with Gasteiger partial charge in [-0.3, -0.25) is 0 Å². The summed E-state index contributed by atoms with van der Waals surface area (Å²) in [5.74, 6) is 0.798. The molecule has 0 nitrogen and oxygen atoms in total. The van der Waals surface area contributed by atoms with Gasteiger partial charge in [-0.15, -0.1) is 0 Å². The highest BCUT2D eigenvalue weighted by atomic mass is 14.1. The molecule has 0 rings (SSSR count). The van der Waals surface area contributed by atoms with E-state index in [2.05, 4.69) is 27.4 Å². The van der Waals surface area contributed by atoms with Crippen molar-refractivity contribution in [1.29, 1.82) is 0 Å². The van der Waals surface area contributed by atoms with Crippen molar-refractivity contribution in [1.82, 2.24) is 0 Å².